The number of hydrogen-bond acceptors (Lipinski definition) is 4. The summed E-state index contributed by atoms with van der Waals surface area (Å²) < 4.78 is 31.7. The van der Waals surface area contributed by atoms with Crippen molar-refractivity contribution in [2.75, 3.05) is 21.2 Å². The number of nitrogens with one attached hydrogen (secondary N) is 1. The van der Waals surface area contributed by atoms with E-state index in [1.807, 2.05) is 0 Å². The molecule has 0 saturated carbocycles. The summed E-state index contributed by atoms with van der Waals surface area (Å²) in [7, 11) is 0.876. The maximum absolute atomic E-state index is 12.4. The van der Waals surface area contributed by atoms with Crippen LogP contribution in [0.1, 0.15) is 15.9 Å². The van der Waals surface area contributed by atoms with Gasteiger partial charge in [-0.25, -0.2) is 12.7 Å². The highest BCUT2D eigenvalue weighted by Gasteiger charge is 2.21. The summed E-state index contributed by atoms with van der Waals surface area (Å²) in [6, 6.07) is 11.7. The molecule has 2 rings (SSSR count). The molecular weight excluding hydrogens is 408 g/mol. The minimum absolute atomic E-state index is 0.0890. The van der Waals surface area contributed by atoms with Crippen molar-refractivity contribution in [3.8, 4) is 5.75 Å². The van der Waals surface area contributed by atoms with Crippen molar-refractivity contribution in [2.45, 2.75) is 11.4 Å². The molecule has 0 saturated heterocycles. The van der Waals surface area contributed by atoms with Gasteiger partial charge in [-0.05, 0) is 45.8 Å². The number of halogens is 1. The molecule has 0 atom stereocenters. The van der Waals surface area contributed by atoms with E-state index in [-0.39, 0.29) is 17.3 Å². The van der Waals surface area contributed by atoms with Crippen LogP contribution >= 0.6 is 15.9 Å². The third-order valence-electron chi connectivity index (χ3n) is 3.59. The molecule has 0 aliphatic rings. The lowest BCUT2D eigenvalue weighted by atomic mass is 10.2. The number of methoxy groups -OCH3 is 1. The van der Waals surface area contributed by atoms with Crippen molar-refractivity contribution in [1.82, 2.24) is 9.62 Å². The Hall–Kier alpha value is -1.90. The summed E-state index contributed by atoms with van der Waals surface area (Å²) in [4.78, 5) is 12.6. The van der Waals surface area contributed by atoms with Gasteiger partial charge in [-0.2, -0.15) is 0 Å². The van der Waals surface area contributed by atoms with Gasteiger partial charge in [-0.15, -0.1) is 0 Å². The maximum atomic E-state index is 12.4. The zero-order chi connectivity index (χ0) is 18.6. The van der Waals surface area contributed by atoms with Gasteiger partial charge in [0.05, 0.1) is 17.6 Å². The van der Waals surface area contributed by atoms with Gasteiger partial charge in [0.2, 0.25) is 10.0 Å². The summed E-state index contributed by atoms with van der Waals surface area (Å²) in [6.45, 7) is 0.0890. The molecule has 0 aliphatic carbocycles. The first-order valence-corrected chi connectivity index (χ1v) is 9.63. The highest BCUT2D eigenvalue weighted by molar-refractivity contribution is 9.10. The molecule has 0 heterocycles. The maximum Gasteiger partial charge on any atom is 0.252 e. The van der Waals surface area contributed by atoms with E-state index < -0.39 is 10.0 Å². The molecule has 0 aromatic heterocycles. The van der Waals surface area contributed by atoms with Gasteiger partial charge in [-0.1, -0.05) is 18.2 Å². The van der Waals surface area contributed by atoms with E-state index in [1.54, 1.807) is 36.4 Å². The minimum atomic E-state index is -3.59. The molecule has 134 valence electrons. The fourth-order valence-corrected chi connectivity index (χ4v) is 3.72. The minimum Gasteiger partial charge on any atom is -0.497 e. The molecule has 1 N–H and O–H groups in total. The number of nitrogens with zero attached hydrogens (tertiary/aromatic N) is 1. The van der Waals surface area contributed by atoms with Crippen LogP contribution in [0.3, 0.4) is 0 Å². The van der Waals surface area contributed by atoms with Crippen molar-refractivity contribution >= 4 is 31.9 Å². The normalized spacial score (nSPS) is 11.4. The molecule has 0 spiro atoms. The second-order valence-corrected chi connectivity index (χ2v) is 8.40. The summed E-state index contributed by atoms with van der Waals surface area (Å²) in [5.74, 6) is 0.228. The van der Waals surface area contributed by atoms with Crippen LogP contribution in [0.2, 0.25) is 0 Å². The second-order valence-electron chi connectivity index (χ2n) is 5.42. The van der Waals surface area contributed by atoms with Gasteiger partial charge in [0.1, 0.15) is 5.75 Å². The highest BCUT2D eigenvalue weighted by Crippen LogP contribution is 2.23. The zero-order valence-corrected chi connectivity index (χ0v) is 16.5. The first-order valence-electron chi connectivity index (χ1n) is 7.39. The fraction of sp³-hybridized carbons (Fsp3) is 0.235. The molecule has 0 unspecified atom stereocenters. The van der Waals surface area contributed by atoms with Crippen LogP contribution in [0.5, 0.6) is 5.75 Å². The molecule has 0 radical (unpaired) electrons. The Morgan fingerprint density at radius 1 is 1.20 bits per heavy atom. The average Bonchev–Trinajstić information content (AvgIpc) is 2.60. The molecule has 25 heavy (non-hydrogen) atoms. The van der Waals surface area contributed by atoms with E-state index >= 15 is 0 Å². The first-order chi connectivity index (χ1) is 11.8. The molecule has 1 amide bonds. The number of rotatable bonds is 6. The number of hydrogen-bond donors (Lipinski definition) is 1. The monoisotopic (exact) mass is 426 g/mol. The van der Waals surface area contributed by atoms with Crippen molar-refractivity contribution < 1.29 is 17.9 Å². The van der Waals surface area contributed by atoms with Crippen LogP contribution in [0.15, 0.2) is 51.8 Å². The van der Waals surface area contributed by atoms with Gasteiger partial charge in [0, 0.05) is 25.1 Å². The van der Waals surface area contributed by atoms with Crippen molar-refractivity contribution in [2.24, 2.45) is 0 Å². The van der Waals surface area contributed by atoms with Crippen LogP contribution in [-0.4, -0.2) is 39.8 Å². The number of sulfonamides is 1. The van der Waals surface area contributed by atoms with Gasteiger partial charge in [-0.3, -0.25) is 4.79 Å². The van der Waals surface area contributed by atoms with Crippen LogP contribution in [0, 0.1) is 0 Å². The Labute approximate surface area is 156 Å². The molecular formula is C17H19BrN2O4S. The summed E-state index contributed by atoms with van der Waals surface area (Å²) >= 11 is 3.33. The Morgan fingerprint density at radius 3 is 2.52 bits per heavy atom. The third-order valence-corrected chi connectivity index (χ3v) is 6.20. The molecule has 0 bridgehead atoms. The number of ether oxygens (including phenoxy) is 1. The Morgan fingerprint density at radius 2 is 1.88 bits per heavy atom. The lowest BCUT2D eigenvalue weighted by Gasteiger charge is -2.15. The van der Waals surface area contributed by atoms with E-state index in [0.717, 1.165) is 4.31 Å². The molecule has 6 nitrogen and oxygen atoms in total. The highest BCUT2D eigenvalue weighted by atomic mass is 79.9. The summed E-state index contributed by atoms with van der Waals surface area (Å²) in [5, 5.41) is 2.75. The number of carbonyl (C=O) groups is 1. The zero-order valence-electron chi connectivity index (χ0n) is 14.1. The molecule has 2 aromatic carbocycles. The average molecular weight is 427 g/mol. The second kappa shape index (κ2) is 7.99. The number of amides is 1. The molecule has 0 fully saturated rings. The first kappa shape index (κ1) is 19.4. The van der Waals surface area contributed by atoms with Gasteiger partial charge >= 0.3 is 0 Å². The smallest absolute Gasteiger partial charge is 0.252 e. The van der Waals surface area contributed by atoms with Crippen LogP contribution in [-0.2, 0) is 16.6 Å². The van der Waals surface area contributed by atoms with Gasteiger partial charge in [0.25, 0.3) is 5.91 Å². The molecule has 0 aliphatic heterocycles. The summed E-state index contributed by atoms with van der Waals surface area (Å²) in [6.07, 6.45) is 0. The third kappa shape index (κ3) is 4.39. The number of benzene rings is 2. The quantitative estimate of drug-likeness (QED) is 0.769. The lowest BCUT2D eigenvalue weighted by molar-refractivity contribution is 0.0949. The van der Waals surface area contributed by atoms with E-state index in [1.165, 1.54) is 27.3 Å². The number of carbonyl (C=O) groups excluding carboxylic acids is 1. The fourth-order valence-electron chi connectivity index (χ4n) is 2.17. The van der Waals surface area contributed by atoms with Crippen LogP contribution < -0.4 is 10.1 Å². The predicted octanol–water partition coefficient (Wildman–Crippen LogP) is 2.64. The summed E-state index contributed by atoms with van der Waals surface area (Å²) in [5.41, 5.74) is 0.927. The largest absolute Gasteiger partial charge is 0.497 e. The standard InChI is InChI=1S/C17H19BrN2O4S/c1-20(2)25(22,23)16-7-5-4-6-12(16)11-19-17(21)14-10-13(24-3)8-9-15(14)18/h4-10H,11H2,1-3H3,(H,19,21). The van der Waals surface area contributed by atoms with E-state index in [9.17, 15) is 13.2 Å². The van der Waals surface area contributed by atoms with Crippen molar-refractivity contribution in [1.29, 1.82) is 0 Å². The van der Waals surface area contributed by atoms with Crippen LogP contribution in [0.4, 0.5) is 0 Å². The Balaban J connectivity index is 2.24. The Kier molecular flexibility index (Phi) is 6.21. The van der Waals surface area contributed by atoms with Gasteiger partial charge < -0.3 is 10.1 Å². The van der Waals surface area contributed by atoms with Crippen LogP contribution in [0.25, 0.3) is 0 Å². The van der Waals surface area contributed by atoms with E-state index in [0.29, 0.717) is 21.3 Å². The van der Waals surface area contributed by atoms with E-state index in [2.05, 4.69) is 21.2 Å². The van der Waals surface area contributed by atoms with Gasteiger partial charge in [0.15, 0.2) is 0 Å². The molecule has 2 aromatic rings. The van der Waals surface area contributed by atoms with Crippen molar-refractivity contribution in [3.05, 3.63) is 58.1 Å². The predicted molar refractivity (Wildman–Crippen MR) is 99.2 cm³/mol. The van der Waals surface area contributed by atoms with E-state index in [4.69, 9.17) is 4.74 Å². The lowest BCUT2D eigenvalue weighted by Crippen LogP contribution is -2.27. The molecule has 8 heteroatoms. The SMILES string of the molecule is COc1ccc(Br)c(C(=O)NCc2ccccc2S(=O)(=O)N(C)C)c1. The Bertz CT molecular complexity index is 882. The van der Waals surface area contributed by atoms with Crippen molar-refractivity contribution in [3.63, 3.8) is 0 Å². The topological polar surface area (TPSA) is 75.7 Å².